The van der Waals surface area contributed by atoms with Crippen LogP contribution in [0.2, 0.25) is 0 Å². The van der Waals surface area contributed by atoms with Crippen LogP contribution in [0.5, 0.6) is 0 Å². The maximum atomic E-state index is 12.3. The van der Waals surface area contributed by atoms with Gasteiger partial charge in [-0.25, -0.2) is 0 Å². The Morgan fingerprint density at radius 3 is 2.05 bits per heavy atom. The van der Waals surface area contributed by atoms with Gasteiger partial charge in [-0.3, -0.25) is 9.59 Å². The van der Waals surface area contributed by atoms with Gasteiger partial charge in [-0.05, 0) is 12.8 Å². The van der Waals surface area contributed by atoms with Crippen molar-refractivity contribution < 1.29 is 9.59 Å². The molecule has 2 fully saturated rings. The number of piperazine rings is 1. The van der Waals surface area contributed by atoms with Crippen molar-refractivity contribution in [2.45, 2.75) is 19.8 Å². The molecule has 2 saturated heterocycles. The van der Waals surface area contributed by atoms with Gasteiger partial charge in [0.1, 0.15) is 11.6 Å². The first-order valence-electron chi connectivity index (χ1n) is 7.02. The van der Waals surface area contributed by atoms with Crippen LogP contribution in [-0.4, -0.2) is 65.8 Å². The summed E-state index contributed by atoms with van der Waals surface area (Å²) in [6.45, 7) is 5.44. The molecule has 0 aliphatic carbocycles. The molecule has 108 valence electrons. The van der Waals surface area contributed by atoms with Crippen LogP contribution in [0, 0.1) is 11.3 Å². The van der Waals surface area contributed by atoms with E-state index in [4.69, 9.17) is 0 Å². The first-order chi connectivity index (χ1) is 9.61. The fraction of sp³-hybridized carbons (Fsp3) is 0.643. The Bertz CT molecular complexity index is 452. The van der Waals surface area contributed by atoms with Crippen LogP contribution in [0.25, 0.3) is 0 Å². The molecule has 0 aromatic carbocycles. The minimum absolute atomic E-state index is 0.0326. The summed E-state index contributed by atoms with van der Waals surface area (Å²) in [4.78, 5) is 29.0. The van der Waals surface area contributed by atoms with Gasteiger partial charge in [0.15, 0.2) is 0 Å². The SMILES string of the molecule is CC(=O)N1CCN(C(=O)/C(C#N)=C\N2CCCC2)CC1. The van der Waals surface area contributed by atoms with Crippen molar-refractivity contribution in [3.63, 3.8) is 0 Å². The quantitative estimate of drug-likeness (QED) is 0.533. The van der Waals surface area contributed by atoms with Crippen molar-refractivity contribution in [3.05, 3.63) is 11.8 Å². The average Bonchev–Trinajstić information content (AvgIpc) is 2.97. The van der Waals surface area contributed by atoms with Gasteiger partial charge in [0.2, 0.25) is 5.91 Å². The van der Waals surface area contributed by atoms with Crippen molar-refractivity contribution in [2.75, 3.05) is 39.3 Å². The van der Waals surface area contributed by atoms with E-state index in [9.17, 15) is 14.9 Å². The predicted molar refractivity (Wildman–Crippen MR) is 73.3 cm³/mol. The summed E-state index contributed by atoms with van der Waals surface area (Å²) in [5.41, 5.74) is 0.197. The first kappa shape index (κ1) is 14.4. The average molecular weight is 276 g/mol. The van der Waals surface area contributed by atoms with Crippen molar-refractivity contribution in [2.24, 2.45) is 0 Å². The molecule has 2 aliphatic heterocycles. The smallest absolute Gasteiger partial charge is 0.266 e. The van der Waals surface area contributed by atoms with E-state index in [1.807, 2.05) is 11.0 Å². The number of hydrogen-bond acceptors (Lipinski definition) is 4. The van der Waals surface area contributed by atoms with E-state index in [0.717, 1.165) is 25.9 Å². The summed E-state index contributed by atoms with van der Waals surface area (Å²) >= 11 is 0. The number of carbonyl (C=O) groups excluding carboxylic acids is 2. The third-order valence-electron chi connectivity index (χ3n) is 3.82. The van der Waals surface area contributed by atoms with E-state index >= 15 is 0 Å². The molecule has 0 N–H and O–H groups in total. The lowest BCUT2D eigenvalue weighted by Gasteiger charge is -2.34. The van der Waals surface area contributed by atoms with Crippen LogP contribution in [-0.2, 0) is 9.59 Å². The molecule has 0 aromatic heterocycles. The zero-order valence-electron chi connectivity index (χ0n) is 11.8. The molecule has 0 saturated carbocycles. The normalized spacial score (nSPS) is 20.0. The molecule has 0 radical (unpaired) electrons. The Balaban J connectivity index is 1.96. The lowest BCUT2D eigenvalue weighted by Crippen LogP contribution is -2.50. The number of likely N-dealkylation sites (tertiary alicyclic amines) is 1. The van der Waals surface area contributed by atoms with Crippen molar-refractivity contribution in [3.8, 4) is 6.07 Å². The van der Waals surface area contributed by atoms with Gasteiger partial charge >= 0.3 is 0 Å². The number of hydrogen-bond donors (Lipinski definition) is 0. The second-order valence-electron chi connectivity index (χ2n) is 5.20. The molecule has 0 bridgehead atoms. The van der Waals surface area contributed by atoms with Gasteiger partial charge in [0.25, 0.3) is 5.91 Å². The fourth-order valence-corrected chi connectivity index (χ4v) is 2.58. The molecule has 20 heavy (non-hydrogen) atoms. The third-order valence-corrected chi connectivity index (χ3v) is 3.82. The first-order valence-corrected chi connectivity index (χ1v) is 7.02. The molecule has 0 aromatic rings. The highest BCUT2D eigenvalue weighted by Crippen LogP contribution is 2.12. The van der Waals surface area contributed by atoms with Crippen LogP contribution in [0.3, 0.4) is 0 Å². The van der Waals surface area contributed by atoms with Crippen LogP contribution in [0.4, 0.5) is 0 Å². The van der Waals surface area contributed by atoms with Gasteiger partial charge in [-0.15, -0.1) is 0 Å². The van der Waals surface area contributed by atoms with E-state index < -0.39 is 0 Å². The molecule has 6 heteroatoms. The number of nitriles is 1. The second kappa shape index (κ2) is 6.42. The molecule has 0 unspecified atom stereocenters. The summed E-state index contributed by atoms with van der Waals surface area (Å²) in [7, 11) is 0. The van der Waals surface area contributed by atoms with E-state index in [2.05, 4.69) is 0 Å². The molecule has 0 atom stereocenters. The van der Waals surface area contributed by atoms with E-state index in [0.29, 0.717) is 26.2 Å². The number of rotatable bonds is 2. The fourth-order valence-electron chi connectivity index (χ4n) is 2.58. The zero-order valence-corrected chi connectivity index (χ0v) is 11.8. The number of carbonyl (C=O) groups is 2. The highest BCUT2D eigenvalue weighted by Gasteiger charge is 2.25. The lowest BCUT2D eigenvalue weighted by atomic mass is 10.2. The minimum Gasteiger partial charge on any atom is -0.376 e. The Labute approximate surface area is 119 Å². The predicted octanol–water partition coefficient (Wildman–Crippen LogP) is 0.180. The standard InChI is InChI=1S/C14H20N4O2/c1-12(19)17-6-8-18(9-7-17)14(20)13(10-15)11-16-4-2-3-5-16/h11H,2-9H2,1H3/b13-11-. The Morgan fingerprint density at radius 1 is 1.00 bits per heavy atom. The molecule has 2 rings (SSSR count). The van der Waals surface area contributed by atoms with Crippen LogP contribution < -0.4 is 0 Å². The maximum Gasteiger partial charge on any atom is 0.266 e. The topological polar surface area (TPSA) is 67.6 Å². The largest absolute Gasteiger partial charge is 0.376 e. The molecule has 0 spiro atoms. The summed E-state index contributed by atoms with van der Waals surface area (Å²) in [5.74, 6) is -0.187. The van der Waals surface area contributed by atoms with Crippen molar-refractivity contribution in [1.82, 2.24) is 14.7 Å². The highest BCUT2D eigenvalue weighted by atomic mass is 16.2. The lowest BCUT2D eigenvalue weighted by molar-refractivity contribution is -0.136. The summed E-state index contributed by atoms with van der Waals surface area (Å²) in [6, 6.07) is 2.01. The van der Waals surface area contributed by atoms with Gasteiger partial charge in [0, 0.05) is 52.4 Å². The monoisotopic (exact) mass is 276 g/mol. The number of amides is 2. The van der Waals surface area contributed by atoms with Gasteiger partial charge in [0.05, 0.1) is 0 Å². The molecule has 6 nitrogen and oxygen atoms in total. The highest BCUT2D eigenvalue weighted by molar-refractivity contribution is 5.97. The van der Waals surface area contributed by atoms with Crippen LogP contribution in [0.1, 0.15) is 19.8 Å². The Morgan fingerprint density at radius 2 is 1.55 bits per heavy atom. The summed E-state index contributed by atoms with van der Waals surface area (Å²) < 4.78 is 0. The molecule has 2 heterocycles. The van der Waals surface area contributed by atoms with E-state index in [-0.39, 0.29) is 17.4 Å². The van der Waals surface area contributed by atoms with Gasteiger partial charge in [-0.1, -0.05) is 0 Å². The second-order valence-corrected chi connectivity index (χ2v) is 5.20. The maximum absolute atomic E-state index is 12.3. The molecule has 2 amide bonds. The Kier molecular flexibility index (Phi) is 4.61. The molecular formula is C14H20N4O2. The van der Waals surface area contributed by atoms with Crippen LogP contribution in [0.15, 0.2) is 11.8 Å². The third kappa shape index (κ3) is 3.29. The van der Waals surface area contributed by atoms with Crippen molar-refractivity contribution in [1.29, 1.82) is 5.26 Å². The van der Waals surface area contributed by atoms with Gasteiger partial charge in [-0.2, -0.15) is 5.26 Å². The van der Waals surface area contributed by atoms with E-state index in [1.54, 1.807) is 16.0 Å². The molecule has 2 aliphatic rings. The Hall–Kier alpha value is -2.03. The van der Waals surface area contributed by atoms with Crippen molar-refractivity contribution >= 4 is 11.8 Å². The summed E-state index contributed by atoms with van der Waals surface area (Å²) in [6.07, 6.45) is 3.91. The molecular weight excluding hydrogens is 256 g/mol. The van der Waals surface area contributed by atoms with E-state index in [1.165, 1.54) is 6.92 Å². The van der Waals surface area contributed by atoms with Gasteiger partial charge < -0.3 is 14.7 Å². The van der Waals surface area contributed by atoms with Crippen LogP contribution >= 0.6 is 0 Å². The zero-order chi connectivity index (χ0) is 14.5. The summed E-state index contributed by atoms with van der Waals surface area (Å²) in [5, 5.41) is 9.17. The number of nitrogens with zero attached hydrogens (tertiary/aromatic N) is 4. The minimum atomic E-state index is -0.220.